The second kappa shape index (κ2) is 7.32. The molecule has 0 atom stereocenters. The molecule has 0 radical (unpaired) electrons. The zero-order chi connectivity index (χ0) is 18.5. The van der Waals surface area contributed by atoms with Gasteiger partial charge in [0.25, 0.3) is 0 Å². The van der Waals surface area contributed by atoms with Crippen LogP contribution >= 0.6 is 39.7 Å². The molecular weight excluding hydrogens is 487 g/mol. The number of halogens is 8. The molecule has 0 amide bonds. The number of nitrogens with two attached hydrogens (primary N) is 1. The van der Waals surface area contributed by atoms with Gasteiger partial charge in [-0.25, -0.2) is 0 Å². The van der Waals surface area contributed by atoms with Crippen LogP contribution in [0.5, 0.6) is 0 Å². The Morgan fingerprint density at radius 3 is 1.12 bits per heavy atom. The van der Waals surface area contributed by atoms with Crippen LogP contribution in [0.25, 0.3) is 0 Å². The summed E-state index contributed by atoms with van der Waals surface area (Å²) < 4.78 is 61.5. The standard InChI is InChI=1S/C14H13Br2N.F6P/c15-13-5-1-11(2-6-13)9-17-10-12-3-7-14(16)8-4-12;1-7(2,3,4,5)6/h1-8,17H,9-10H2;/q;-1/p+1. The molecule has 0 saturated carbocycles. The Kier molecular flexibility index (Phi) is 6.53. The Morgan fingerprint density at radius 1 is 0.625 bits per heavy atom. The van der Waals surface area contributed by atoms with E-state index in [0.717, 1.165) is 22.0 Å². The number of quaternary nitrogens is 1. The quantitative estimate of drug-likeness (QED) is 0.349. The van der Waals surface area contributed by atoms with Gasteiger partial charge in [0.05, 0.1) is 0 Å². The van der Waals surface area contributed by atoms with Crippen molar-refractivity contribution in [3.8, 4) is 0 Å². The predicted molar refractivity (Wildman–Crippen MR) is 91.2 cm³/mol. The molecule has 10 heteroatoms. The third kappa shape index (κ3) is 13.8. The van der Waals surface area contributed by atoms with Crippen molar-refractivity contribution in [1.82, 2.24) is 0 Å². The van der Waals surface area contributed by atoms with E-state index in [4.69, 9.17) is 0 Å². The van der Waals surface area contributed by atoms with Crippen LogP contribution in [-0.2, 0) is 13.1 Å². The zero-order valence-electron chi connectivity index (χ0n) is 12.1. The van der Waals surface area contributed by atoms with E-state index >= 15 is 0 Å². The van der Waals surface area contributed by atoms with Crippen molar-refractivity contribution in [2.24, 2.45) is 0 Å². The normalized spacial score (nSPS) is 14.2. The molecule has 2 rings (SSSR count). The summed E-state index contributed by atoms with van der Waals surface area (Å²) >= 11 is 6.88. The van der Waals surface area contributed by atoms with Crippen LogP contribution in [0.3, 0.4) is 0 Å². The summed E-state index contributed by atoms with van der Waals surface area (Å²) in [6.07, 6.45) is 0. The molecule has 0 aliphatic carbocycles. The van der Waals surface area contributed by atoms with Gasteiger partial charge in [-0.05, 0) is 24.3 Å². The SMILES string of the molecule is Brc1ccc(C[NH2+]Cc2ccc(Br)cc2)cc1.F[P-](F)(F)(F)(F)F. The van der Waals surface area contributed by atoms with Crippen molar-refractivity contribution >= 4 is 39.7 Å². The summed E-state index contributed by atoms with van der Waals surface area (Å²) in [5.74, 6) is 0. The third-order valence-electron chi connectivity index (χ3n) is 2.59. The van der Waals surface area contributed by atoms with Gasteiger partial charge in [0.15, 0.2) is 0 Å². The molecule has 0 aliphatic rings. The monoisotopic (exact) mass is 499 g/mol. The fourth-order valence-corrected chi connectivity index (χ4v) is 2.18. The maximum atomic E-state index is 9.87. The van der Waals surface area contributed by atoms with Crippen molar-refractivity contribution in [1.29, 1.82) is 0 Å². The van der Waals surface area contributed by atoms with Crippen molar-refractivity contribution < 1.29 is 30.5 Å². The van der Waals surface area contributed by atoms with Crippen LogP contribution in [-0.4, -0.2) is 0 Å². The van der Waals surface area contributed by atoms with E-state index in [2.05, 4.69) is 85.7 Å². The van der Waals surface area contributed by atoms with E-state index in [9.17, 15) is 25.2 Å². The van der Waals surface area contributed by atoms with E-state index in [1.807, 2.05) is 0 Å². The molecule has 136 valence electrons. The van der Waals surface area contributed by atoms with Crippen molar-refractivity contribution in [3.05, 3.63) is 68.6 Å². The fraction of sp³-hybridized carbons (Fsp3) is 0.143. The van der Waals surface area contributed by atoms with Crippen LogP contribution in [0, 0.1) is 0 Å². The molecule has 0 unspecified atom stereocenters. The maximum absolute atomic E-state index is 10.7. The summed E-state index contributed by atoms with van der Waals surface area (Å²) in [5, 5.41) is 2.31. The molecule has 0 spiro atoms. The van der Waals surface area contributed by atoms with Gasteiger partial charge in [-0.3, -0.25) is 0 Å². The fourth-order valence-electron chi connectivity index (χ4n) is 1.65. The number of hydrogen-bond donors (Lipinski definition) is 1. The molecule has 0 aromatic heterocycles. The van der Waals surface area contributed by atoms with Gasteiger partial charge in [-0.1, -0.05) is 56.1 Å². The first-order valence-corrected chi connectivity index (χ1v) is 10.2. The van der Waals surface area contributed by atoms with Crippen LogP contribution in [0.1, 0.15) is 11.1 Å². The topological polar surface area (TPSA) is 16.6 Å². The zero-order valence-corrected chi connectivity index (χ0v) is 16.1. The average Bonchev–Trinajstić information content (AvgIpc) is 2.40. The molecule has 0 bridgehead atoms. The van der Waals surface area contributed by atoms with Gasteiger partial charge in [-0.15, -0.1) is 0 Å². The molecule has 0 aliphatic heterocycles. The molecule has 2 N–H and O–H groups in total. The van der Waals surface area contributed by atoms with Crippen molar-refractivity contribution in [2.45, 2.75) is 13.1 Å². The van der Waals surface area contributed by atoms with E-state index in [1.165, 1.54) is 11.1 Å². The van der Waals surface area contributed by atoms with Crippen molar-refractivity contribution in [3.63, 3.8) is 0 Å². The summed E-state index contributed by atoms with van der Waals surface area (Å²) in [6.45, 7) is 2.03. The Bertz CT molecular complexity index is 599. The van der Waals surface area contributed by atoms with Crippen LogP contribution in [0.4, 0.5) is 25.2 Å². The molecule has 1 nitrogen and oxygen atoms in total. The molecule has 2 aromatic rings. The first-order valence-electron chi connectivity index (χ1n) is 6.56. The summed E-state index contributed by atoms with van der Waals surface area (Å²) in [6, 6.07) is 17.0. The molecule has 0 heterocycles. The second-order valence-electron chi connectivity index (χ2n) is 4.91. The number of rotatable bonds is 4. The molecular formula is C14H14Br2F6NP. The second-order valence-corrected chi connectivity index (χ2v) is 8.66. The van der Waals surface area contributed by atoms with Gasteiger partial charge in [0.1, 0.15) is 13.1 Å². The average molecular weight is 501 g/mol. The van der Waals surface area contributed by atoms with E-state index in [0.29, 0.717) is 0 Å². The van der Waals surface area contributed by atoms with Gasteiger partial charge in [-0.2, -0.15) is 0 Å². The number of hydrogen-bond acceptors (Lipinski definition) is 0. The Morgan fingerprint density at radius 2 is 0.875 bits per heavy atom. The van der Waals surface area contributed by atoms with E-state index in [1.54, 1.807) is 0 Å². The summed E-state index contributed by atoms with van der Waals surface area (Å²) in [4.78, 5) is 0. The van der Waals surface area contributed by atoms with Crippen LogP contribution < -0.4 is 5.32 Å². The Labute approximate surface area is 151 Å². The molecule has 0 saturated heterocycles. The van der Waals surface area contributed by atoms with E-state index < -0.39 is 7.81 Å². The van der Waals surface area contributed by atoms with Gasteiger partial charge < -0.3 is 5.32 Å². The Balaban J connectivity index is 0.000000351. The minimum absolute atomic E-state index is 1.02. The van der Waals surface area contributed by atoms with E-state index in [-0.39, 0.29) is 0 Å². The first-order chi connectivity index (χ1) is 10.7. The van der Waals surface area contributed by atoms with Gasteiger partial charge in [0, 0.05) is 20.1 Å². The van der Waals surface area contributed by atoms with Crippen molar-refractivity contribution in [2.75, 3.05) is 0 Å². The van der Waals surface area contributed by atoms with Gasteiger partial charge in [0.2, 0.25) is 0 Å². The minimum atomic E-state index is -10.7. The van der Waals surface area contributed by atoms with Crippen LogP contribution in [0.15, 0.2) is 57.5 Å². The van der Waals surface area contributed by atoms with Gasteiger partial charge >= 0.3 is 33.0 Å². The summed E-state index contributed by atoms with van der Waals surface area (Å²) in [7, 11) is -10.7. The third-order valence-corrected chi connectivity index (χ3v) is 3.64. The molecule has 2 aromatic carbocycles. The Hall–Kier alpha value is -0.630. The molecule has 0 fully saturated rings. The first kappa shape index (κ1) is 21.4. The number of benzene rings is 2. The predicted octanol–water partition coefficient (Wildman–Crippen LogP) is 6.86. The molecule has 24 heavy (non-hydrogen) atoms. The summed E-state index contributed by atoms with van der Waals surface area (Å²) in [5.41, 5.74) is 2.70. The van der Waals surface area contributed by atoms with Crippen LogP contribution in [0.2, 0.25) is 0 Å².